The first-order valence-corrected chi connectivity index (χ1v) is 7.00. The molecule has 5 nitrogen and oxygen atoms in total. The van der Waals surface area contributed by atoms with Crippen LogP contribution in [-0.4, -0.2) is 16.9 Å². The van der Waals surface area contributed by atoms with Crippen LogP contribution in [0.5, 0.6) is 0 Å². The van der Waals surface area contributed by atoms with Crippen LogP contribution in [0.1, 0.15) is 17.3 Å². The topological polar surface area (TPSA) is 70.2 Å². The minimum atomic E-state index is -0.281. The van der Waals surface area contributed by atoms with Gasteiger partial charge in [-0.1, -0.05) is 24.3 Å². The van der Waals surface area contributed by atoms with Crippen LogP contribution >= 0.6 is 12.2 Å². The Hall–Kier alpha value is -2.73. The lowest BCUT2D eigenvalue weighted by Crippen LogP contribution is -2.34. The number of rotatable bonds is 3. The number of anilines is 2. The minimum absolute atomic E-state index is 0.155. The van der Waals surface area contributed by atoms with Gasteiger partial charge in [0.15, 0.2) is 5.11 Å². The number of thiocarbonyl (C=S) groups is 1. The zero-order valence-corrected chi connectivity index (χ0v) is 12.7. The first kappa shape index (κ1) is 15.7. The fourth-order valence-electron chi connectivity index (χ4n) is 1.81. The summed E-state index contributed by atoms with van der Waals surface area (Å²) in [6.07, 6.45) is 0. The largest absolute Gasteiger partial charge is 0.332 e. The number of carbonyl (C=O) groups is 2. The lowest BCUT2D eigenvalue weighted by atomic mass is 10.2. The summed E-state index contributed by atoms with van der Waals surface area (Å²) in [5.41, 5.74) is 1.85. The van der Waals surface area contributed by atoms with E-state index in [-0.39, 0.29) is 16.9 Å². The van der Waals surface area contributed by atoms with E-state index in [0.29, 0.717) is 16.9 Å². The highest BCUT2D eigenvalue weighted by Crippen LogP contribution is 2.14. The van der Waals surface area contributed by atoms with Gasteiger partial charge in [-0.25, -0.2) is 0 Å². The third-order valence-electron chi connectivity index (χ3n) is 2.70. The summed E-state index contributed by atoms with van der Waals surface area (Å²) in [5, 5.41) is 8.37. The maximum absolute atomic E-state index is 12.0. The number of benzene rings is 2. The molecule has 0 spiro atoms. The van der Waals surface area contributed by atoms with Gasteiger partial charge in [-0.05, 0) is 42.5 Å². The van der Waals surface area contributed by atoms with Crippen LogP contribution in [0.25, 0.3) is 0 Å². The smallest absolute Gasteiger partial charge is 0.257 e. The molecule has 0 aliphatic rings. The van der Waals surface area contributed by atoms with E-state index in [0.717, 1.165) is 0 Å². The molecule has 0 fully saturated rings. The Balaban J connectivity index is 1.97. The number of amides is 2. The summed E-state index contributed by atoms with van der Waals surface area (Å²) in [4.78, 5) is 23.0. The summed E-state index contributed by atoms with van der Waals surface area (Å²) < 4.78 is 0. The van der Waals surface area contributed by atoms with Crippen LogP contribution in [0.4, 0.5) is 11.4 Å². The highest BCUT2D eigenvalue weighted by Gasteiger charge is 2.07. The van der Waals surface area contributed by atoms with Gasteiger partial charge < -0.3 is 10.6 Å². The molecule has 22 heavy (non-hydrogen) atoms. The molecule has 0 aromatic heterocycles. The predicted octanol–water partition coefficient (Wildman–Crippen LogP) is 2.77. The molecule has 0 aliphatic heterocycles. The van der Waals surface area contributed by atoms with E-state index in [1.807, 2.05) is 6.07 Å². The van der Waals surface area contributed by atoms with E-state index in [2.05, 4.69) is 16.0 Å². The maximum Gasteiger partial charge on any atom is 0.257 e. The van der Waals surface area contributed by atoms with Gasteiger partial charge in [0.25, 0.3) is 5.91 Å². The summed E-state index contributed by atoms with van der Waals surface area (Å²) in [6.45, 7) is 1.44. The van der Waals surface area contributed by atoms with Crippen LogP contribution in [0.2, 0.25) is 0 Å². The van der Waals surface area contributed by atoms with E-state index in [1.165, 1.54) is 6.92 Å². The Morgan fingerprint density at radius 2 is 1.55 bits per heavy atom. The van der Waals surface area contributed by atoms with Crippen LogP contribution in [0, 0.1) is 0 Å². The third kappa shape index (κ3) is 4.68. The second kappa shape index (κ2) is 7.33. The summed E-state index contributed by atoms with van der Waals surface area (Å²) >= 11 is 5.11. The predicted molar refractivity (Wildman–Crippen MR) is 90.9 cm³/mol. The van der Waals surface area contributed by atoms with Crippen LogP contribution in [0.3, 0.4) is 0 Å². The molecule has 0 saturated heterocycles. The molecular formula is C16H15N3O2S. The van der Waals surface area contributed by atoms with Gasteiger partial charge in [0.05, 0.1) is 0 Å². The molecule has 0 atom stereocenters. The van der Waals surface area contributed by atoms with Gasteiger partial charge in [-0.15, -0.1) is 0 Å². The van der Waals surface area contributed by atoms with Crippen LogP contribution in [0.15, 0.2) is 54.6 Å². The van der Waals surface area contributed by atoms with Crippen LogP contribution < -0.4 is 16.0 Å². The molecule has 3 N–H and O–H groups in total. The second-order valence-corrected chi connectivity index (χ2v) is 4.94. The van der Waals surface area contributed by atoms with E-state index >= 15 is 0 Å². The summed E-state index contributed by atoms with van der Waals surface area (Å²) in [5.74, 6) is -0.437. The van der Waals surface area contributed by atoms with Crippen molar-refractivity contribution in [1.29, 1.82) is 0 Å². The Bertz CT molecular complexity index is 702. The van der Waals surface area contributed by atoms with Crippen molar-refractivity contribution < 1.29 is 9.59 Å². The zero-order valence-electron chi connectivity index (χ0n) is 11.9. The molecule has 0 unspecified atom stereocenters. The fourth-order valence-corrected chi connectivity index (χ4v) is 2.02. The Morgan fingerprint density at radius 3 is 2.18 bits per heavy atom. The van der Waals surface area contributed by atoms with Crippen molar-refractivity contribution in [2.45, 2.75) is 6.92 Å². The number of nitrogens with one attached hydrogen (secondary N) is 3. The van der Waals surface area contributed by atoms with Crippen LogP contribution in [-0.2, 0) is 4.79 Å². The Morgan fingerprint density at radius 1 is 0.909 bits per heavy atom. The van der Waals surface area contributed by atoms with E-state index in [9.17, 15) is 9.59 Å². The van der Waals surface area contributed by atoms with Gasteiger partial charge in [0, 0.05) is 23.9 Å². The highest BCUT2D eigenvalue weighted by atomic mass is 32.1. The fraction of sp³-hybridized carbons (Fsp3) is 0.0625. The van der Waals surface area contributed by atoms with Gasteiger partial charge in [0.1, 0.15) is 0 Å². The molecule has 112 valence electrons. The quantitative estimate of drug-likeness (QED) is 0.762. The van der Waals surface area contributed by atoms with Crippen molar-refractivity contribution in [2.75, 3.05) is 10.6 Å². The Labute approximate surface area is 133 Å². The van der Waals surface area contributed by atoms with Crippen molar-refractivity contribution in [3.63, 3.8) is 0 Å². The summed E-state index contributed by atoms with van der Waals surface area (Å²) in [6, 6.07) is 15.8. The minimum Gasteiger partial charge on any atom is -0.332 e. The molecule has 0 saturated carbocycles. The lowest BCUT2D eigenvalue weighted by Gasteiger charge is -2.11. The molecule has 0 bridgehead atoms. The molecule has 2 rings (SSSR count). The highest BCUT2D eigenvalue weighted by molar-refractivity contribution is 7.80. The monoisotopic (exact) mass is 313 g/mol. The van der Waals surface area contributed by atoms with Gasteiger partial charge in [-0.2, -0.15) is 0 Å². The molecular weight excluding hydrogens is 298 g/mol. The van der Waals surface area contributed by atoms with E-state index in [4.69, 9.17) is 12.2 Å². The standard InChI is InChI=1S/C16H15N3O2S/c1-11(20)17-13-8-5-9-14(10-13)18-16(22)19-15(21)12-6-3-2-4-7-12/h2-10H,1H3,(H,17,20)(H2,18,19,21,22). The SMILES string of the molecule is CC(=O)Nc1cccc(NC(=S)NC(=O)c2ccccc2)c1. The molecule has 0 radical (unpaired) electrons. The summed E-state index contributed by atoms with van der Waals surface area (Å²) in [7, 11) is 0. The number of carbonyl (C=O) groups excluding carboxylic acids is 2. The lowest BCUT2D eigenvalue weighted by molar-refractivity contribution is -0.114. The molecule has 0 aliphatic carbocycles. The van der Waals surface area contributed by atoms with Crippen molar-refractivity contribution in [3.05, 3.63) is 60.2 Å². The first-order chi connectivity index (χ1) is 10.5. The second-order valence-electron chi connectivity index (χ2n) is 4.54. The Kier molecular flexibility index (Phi) is 5.21. The van der Waals surface area contributed by atoms with E-state index < -0.39 is 0 Å². The average molecular weight is 313 g/mol. The average Bonchev–Trinajstić information content (AvgIpc) is 2.47. The van der Waals surface area contributed by atoms with Crippen molar-refractivity contribution >= 4 is 40.5 Å². The molecule has 6 heteroatoms. The van der Waals surface area contributed by atoms with Crippen molar-refractivity contribution in [2.24, 2.45) is 0 Å². The van der Waals surface area contributed by atoms with Gasteiger partial charge in [-0.3, -0.25) is 14.9 Å². The van der Waals surface area contributed by atoms with Crippen molar-refractivity contribution in [1.82, 2.24) is 5.32 Å². The number of hydrogen-bond acceptors (Lipinski definition) is 3. The van der Waals surface area contributed by atoms with Crippen molar-refractivity contribution in [3.8, 4) is 0 Å². The third-order valence-corrected chi connectivity index (χ3v) is 2.91. The molecule has 2 amide bonds. The van der Waals surface area contributed by atoms with E-state index in [1.54, 1.807) is 48.5 Å². The normalized spacial score (nSPS) is 9.68. The first-order valence-electron chi connectivity index (χ1n) is 6.59. The van der Waals surface area contributed by atoms with Gasteiger partial charge >= 0.3 is 0 Å². The molecule has 2 aromatic rings. The number of hydrogen-bond donors (Lipinski definition) is 3. The maximum atomic E-state index is 12.0. The molecule has 0 heterocycles. The van der Waals surface area contributed by atoms with Gasteiger partial charge in [0.2, 0.25) is 5.91 Å². The molecule has 2 aromatic carbocycles. The zero-order chi connectivity index (χ0) is 15.9.